The average Bonchev–Trinajstić information content (AvgIpc) is 2.33. The highest BCUT2D eigenvalue weighted by Crippen LogP contribution is 2.13. The first-order chi connectivity index (χ1) is 5.13. The van der Waals surface area contributed by atoms with Crippen LogP contribution >= 0.6 is 0 Å². The predicted octanol–water partition coefficient (Wildman–Crippen LogP) is 2.04. The first kappa shape index (κ1) is 7.91. The molecule has 60 valence electrons. The zero-order valence-electron chi connectivity index (χ0n) is 5.80. The van der Waals surface area contributed by atoms with Gasteiger partial charge in [-0.2, -0.15) is 0 Å². The lowest BCUT2D eigenvalue weighted by Gasteiger charge is -1.94. The average molecular weight is 160 g/mol. The Balaban J connectivity index is 2.93. The number of alkyl halides is 2. The second-order valence-corrected chi connectivity index (χ2v) is 2.10. The van der Waals surface area contributed by atoms with Gasteiger partial charge in [-0.1, -0.05) is 0 Å². The van der Waals surface area contributed by atoms with E-state index in [1.807, 2.05) is 0 Å². The molecule has 1 aromatic heterocycles. The van der Waals surface area contributed by atoms with E-state index >= 15 is 0 Å². The molecule has 1 heterocycles. The van der Waals surface area contributed by atoms with Crippen molar-refractivity contribution in [1.29, 1.82) is 0 Å². The molecule has 0 N–H and O–H groups in total. The lowest BCUT2D eigenvalue weighted by molar-refractivity contribution is 0.0648. The van der Waals surface area contributed by atoms with Gasteiger partial charge in [-0.3, -0.25) is 4.79 Å². The highest BCUT2D eigenvalue weighted by molar-refractivity contribution is 5.97. The van der Waals surface area contributed by atoms with Gasteiger partial charge >= 0.3 is 6.43 Å². The maximum absolute atomic E-state index is 11.8. The smallest absolute Gasteiger partial charge is 0.303 e. The zero-order valence-corrected chi connectivity index (χ0v) is 5.80. The summed E-state index contributed by atoms with van der Waals surface area (Å²) in [6, 6.07) is 1.47. The molecular weight excluding hydrogens is 154 g/mol. The van der Waals surface area contributed by atoms with Gasteiger partial charge in [-0.15, -0.1) is 0 Å². The highest BCUT2D eigenvalue weighted by Gasteiger charge is 2.22. The molecule has 0 radical (unpaired) electrons. The highest BCUT2D eigenvalue weighted by atomic mass is 19.3. The minimum absolute atomic E-state index is 0.250. The molecule has 0 unspecified atom stereocenters. The van der Waals surface area contributed by atoms with Gasteiger partial charge in [0.05, 0.1) is 6.26 Å². The Bertz CT molecular complexity index is 265. The molecule has 1 aromatic rings. The largest absolute Gasteiger partial charge is 0.461 e. The zero-order chi connectivity index (χ0) is 8.43. The van der Waals surface area contributed by atoms with Crippen LogP contribution in [0.2, 0.25) is 0 Å². The monoisotopic (exact) mass is 160 g/mol. The van der Waals surface area contributed by atoms with Crippen LogP contribution in [0.3, 0.4) is 0 Å². The van der Waals surface area contributed by atoms with Crippen molar-refractivity contribution in [2.75, 3.05) is 0 Å². The topological polar surface area (TPSA) is 30.2 Å². The quantitative estimate of drug-likeness (QED) is 0.619. The van der Waals surface area contributed by atoms with E-state index in [1.54, 1.807) is 6.92 Å². The number of Topliss-reactive ketones (excluding diaryl/α,β-unsaturated/α-hetero) is 1. The fourth-order valence-electron chi connectivity index (χ4n) is 0.724. The molecule has 0 amide bonds. The SMILES string of the molecule is Cc1ccoc1C(=O)C(F)F. The van der Waals surface area contributed by atoms with Gasteiger partial charge in [0.15, 0.2) is 5.76 Å². The van der Waals surface area contributed by atoms with Crippen LogP contribution < -0.4 is 0 Å². The molecule has 0 fully saturated rings. The molecule has 1 rings (SSSR count). The second-order valence-electron chi connectivity index (χ2n) is 2.10. The number of carbonyl (C=O) groups excluding carboxylic acids is 1. The third kappa shape index (κ3) is 1.45. The van der Waals surface area contributed by atoms with Crippen molar-refractivity contribution in [1.82, 2.24) is 0 Å². The van der Waals surface area contributed by atoms with Crippen LogP contribution in [0.25, 0.3) is 0 Å². The number of carbonyl (C=O) groups is 1. The fourth-order valence-corrected chi connectivity index (χ4v) is 0.724. The summed E-state index contributed by atoms with van der Waals surface area (Å²) in [5.74, 6) is -1.51. The van der Waals surface area contributed by atoms with E-state index in [0.29, 0.717) is 5.56 Å². The van der Waals surface area contributed by atoms with Crippen LogP contribution in [0.1, 0.15) is 16.1 Å². The molecule has 2 nitrogen and oxygen atoms in total. The predicted molar refractivity (Wildman–Crippen MR) is 33.8 cm³/mol. The Hall–Kier alpha value is -1.19. The standard InChI is InChI=1S/C7H6F2O2/c1-4-2-3-11-6(4)5(10)7(8)9/h2-3,7H,1H3. The van der Waals surface area contributed by atoms with Crippen molar-refractivity contribution in [2.45, 2.75) is 13.3 Å². The molecule has 11 heavy (non-hydrogen) atoms. The summed E-state index contributed by atoms with van der Waals surface area (Å²) in [7, 11) is 0. The van der Waals surface area contributed by atoms with Crippen molar-refractivity contribution >= 4 is 5.78 Å². The summed E-state index contributed by atoms with van der Waals surface area (Å²) in [5.41, 5.74) is 0.440. The fraction of sp³-hybridized carbons (Fsp3) is 0.286. The summed E-state index contributed by atoms with van der Waals surface area (Å²) in [5, 5.41) is 0. The van der Waals surface area contributed by atoms with Gasteiger partial charge in [0.1, 0.15) is 0 Å². The van der Waals surface area contributed by atoms with Crippen molar-refractivity contribution in [2.24, 2.45) is 0 Å². The maximum Gasteiger partial charge on any atom is 0.303 e. The Morgan fingerprint density at radius 2 is 2.27 bits per heavy atom. The summed E-state index contributed by atoms with van der Waals surface area (Å²) < 4.78 is 28.1. The molecule has 0 aliphatic carbocycles. The van der Waals surface area contributed by atoms with Crippen LogP contribution in [-0.2, 0) is 0 Å². The molecule has 0 bridgehead atoms. The van der Waals surface area contributed by atoms with E-state index in [0.717, 1.165) is 0 Å². The van der Waals surface area contributed by atoms with E-state index in [9.17, 15) is 13.6 Å². The van der Waals surface area contributed by atoms with Gasteiger partial charge < -0.3 is 4.42 Å². The number of aryl methyl sites for hydroxylation is 1. The molecule has 4 heteroatoms. The van der Waals surface area contributed by atoms with Crippen molar-refractivity contribution < 1.29 is 18.0 Å². The number of furan rings is 1. The summed E-state index contributed by atoms with van der Waals surface area (Å²) >= 11 is 0. The molecule has 0 aliphatic rings. The first-order valence-electron chi connectivity index (χ1n) is 2.99. The number of ketones is 1. The molecule has 0 atom stereocenters. The number of hydrogen-bond donors (Lipinski definition) is 0. The minimum Gasteiger partial charge on any atom is -0.461 e. The van der Waals surface area contributed by atoms with Gasteiger partial charge in [0.25, 0.3) is 5.78 Å². The second kappa shape index (κ2) is 2.82. The molecule has 0 aromatic carbocycles. The third-order valence-electron chi connectivity index (χ3n) is 1.28. The number of rotatable bonds is 2. The van der Waals surface area contributed by atoms with Crippen LogP contribution in [0, 0.1) is 6.92 Å². The van der Waals surface area contributed by atoms with Crippen LogP contribution in [0.15, 0.2) is 16.7 Å². The molecule has 0 aliphatic heterocycles. The van der Waals surface area contributed by atoms with E-state index < -0.39 is 12.2 Å². The molecule has 0 spiro atoms. The first-order valence-corrected chi connectivity index (χ1v) is 2.99. The van der Waals surface area contributed by atoms with Crippen LogP contribution in [-0.4, -0.2) is 12.2 Å². The summed E-state index contributed by atoms with van der Waals surface area (Å²) in [4.78, 5) is 10.6. The van der Waals surface area contributed by atoms with Gasteiger partial charge in [-0.05, 0) is 18.6 Å². The van der Waals surface area contributed by atoms with Gasteiger partial charge in [0.2, 0.25) is 0 Å². The maximum atomic E-state index is 11.8. The van der Waals surface area contributed by atoms with E-state index in [2.05, 4.69) is 4.42 Å². The summed E-state index contributed by atoms with van der Waals surface area (Å²) in [6.07, 6.45) is -1.77. The Morgan fingerprint density at radius 1 is 1.64 bits per heavy atom. The lowest BCUT2D eigenvalue weighted by Crippen LogP contribution is -2.09. The van der Waals surface area contributed by atoms with Crippen LogP contribution in [0.4, 0.5) is 8.78 Å². The van der Waals surface area contributed by atoms with Crippen molar-refractivity contribution in [3.8, 4) is 0 Å². The number of hydrogen-bond acceptors (Lipinski definition) is 2. The van der Waals surface area contributed by atoms with E-state index in [4.69, 9.17) is 0 Å². The van der Waals surface area contributed by atoms with Crippen molar-refractivity contribution in [3.05, 3.63) is 23.7 Å². The Labute approximate surface area is 61.8 Å². The van der Waals surface area contributed by atoms with E-state index in [-0.39, 0.29) is 5.76 Å². The van der Waals surface area contributed by atoms with Crippen molar-refractivity contribution in [3.63, 3.8) is 0 Å². The Morgan fingerprint density at radius 3 is 2.64 bits per heavy atom. The molecular formula is C7H6F2O2. The molecule has 0 saturated heterocycles. The van der Waals surface area contributed by atoms with Crippen LogP contribution in [0.5, 0.6) is 0 Å². The minimum atomic E-state index is -2.99. The van der Waals surface area contributed by atoms with Gasteiger partial charge in [0, 0.05) is 0 Å². The third-order valence-corrected chi connectivity index (χ3v) is 1.28. The summed E-state index contributed by atoms with van der Waals surface area (Å²) in [6.45, 7) is 1.54. The number of halogens is 2. The molecule has 0 saturated carbocycles. The van der Waals surface area contributed by atoms with Gasteiger partial charge in [-0.25, -0.2) is 8.78 Å². The lowest BCUT2D eigenvalue weighted by atomic mass is 10.2. The van der Waals surface area contributed by atoms with E-state index in [1.165, 1.54) is 12.3 Å². The Kier molecular flexibility index (Phi) is 2.03. The normalized spacial score (nSPS) is 10.5.